The van der Waals surface area contributed by atoms with Crippen molar-refractivity contribution in [3.05, 3.63) is 23.8 Å². The number of aromatic nitrogens is 2. The second-order valence-corrected chi connectivity index (χ2v) is 10.3. The van der Waals surface area contributed by atoms with E-state index in [2.05, 4.69) is 28.5 Å². The summed E-state index contributed by atoms with van der Waals surface area (Å²) in [4.78, 5) is 21.0. The maximum atomic E-state index is 12.7. The zero-order chi connectivity index (χ0) is 17.9. The van der Waals surface area contributed by atoms with Gasteiger partial charge in [0, 0.05) is 23.4 Å². The largest absolute Gasteiger partial charge is 0.299 e. The molecule has 6 nitrogen and oxygen atoms in total. The van der Waals surface area contributed by atoms with Gasteiger partial charge in [0.15, 0.2) is 0 Å². The maximum Gasteiger partial charge on any atom is 0.212 e. The zero-order valence-corrected chi connectivity index (χ0v) is 15.6. The first-order valence-electron chi connectivity index (χ1n) is 9.05. The maximum absolute atomic E-state index is 12.7. The van der Waals surface area contributed by atoms with E-state index in [1.165, 1.54) is 6.33 Å². The third-order valence-corrected chi connectivity index (χ3v) is 8.25. The summed E-state index contributed by atoms with van der Waals surface area (Å²) < 4.78 is 28.1. The summed E-state index contributed by atoms with van der Waals surface area (Å²) in [6.07, 6.45) is 5.95. The molecule has 1 aromatic rings. The van der Waals surface area contributed by atoms with Gasteiger partial charge in [0.05, 0.1) is 18.0 Å². The van der Waals surface area contributed by atoms with Gasteiger partial charge in [-0.3, -0.25) is 4.79 Å². The van der Waals surface area contributed by atoms with Crippen LogP contribution in [-0.4, -0.2) is 29.9 Å². The minimum absolute atomic E-state index is 0.108. The predicted molar refractivity (Wildman–Crippen MR) is 93.2 cm³/mol. The quantitative estimate of drug-likeness (QED) is 0.837. The lowest BCUT2D eigenvalue weighted by atomic mass is 9.70. The number of hydrogen-bond donors (Lipinski definition) is 1. The van der Waals surface area contributed by atoms with Crippen molar-refractivity contribution in [1.82, 2.24) is 14.7 Å². The number of rotatable bonds is 6. The Morgan fingerprint density at radius 1 is 1.24 bits per heavy atom. The van der Waals surface area contributed by atoms with Crippen molar-refractivity contribution in [1.29, 1.82) is 0 Å². The van der Waals surface area contributed by atoms with Gasteiger partial charge in [-0.05, 0) is 43.1 Å². The van der Waals surface area contributed by atoms with E-state index in [9.17, 15) is 13.2 Å². The van der Waals surface area contributed by atoms with E-state index in [4.69, 9.17) is 0 Å². The smallest absolute Gasteiger partial charge is 0.212 e. The highest BCUT2D eigenvalue weighted by molar-refractivity contribution is 7.89. The van der Waals surface area contributed by atoms with Crippen LogP contribution in [0, 0.1) is 16.7 Å². The summed E-state index contributed by atoms with van der Waals surface area (Å²) in [5.74, 6) is 0.836. The lowest BCUT2D eigenvalue weighted by molar-refractivity contribution is -0.128. The highest BCUT2D eigenvalue weighted by Gasteiger charge is 2.65. The van der Waals surface area contributed by atoms with Crippen LogP contribution < -0.4 is 4.72 Å². The Morgan fingerprint density at radius 2 is 2.00 bits per heavy atom. The Morgan fingerprint density at radius 3 is 2.60 bits per heavy atom. The van der Waals surface area contributed by atoms with Crippen molar-refractivity contribution in [2.75, 3.05) is 5.75 Å². The zero-order valence-electron chi connectivity index (χ0n) is 14.8. The van der Waals surface area contributed by atoms with E-state index in [0.717, 1.165) is 25.0 Å². The SMILES string of the molecule is CC1(C)C2CCC1(CS(=O)(=O)NCc1cc(C3CC3)ncn1)C(=O)C2. The van der Waals surface area contributed by atoms with Crippen LogP contribution in [-0.2, 0) is 21.4 Å². The minimum Gasteiger partial charge on any atom is -0.299 e. The van der Waals surface area contributed by atoms with Crippen molar-refractivity contribution in [2.45, 2.75) is 58.4 Å². The van der Waals surface area contributed by atoms with Crippen LogP contribution in [0.4, 0.5) is 0 Å². The van der Waals surface area contributed by atoms with Crippen molar-refractivity contribution in [2.24, 2.45) is 16.7 Å². The van der Waals surface area contributed by atoms with Gasteiger partial charge >= 0.3 is 0 Å². The molecule has 3 saturated carbocycles. The number of sulfonamides is 1. The molecule has 1 N–H and O–H groups in total. The molecule has 0 spiro atoms. The fourth-order valence-corrected chi connectivity index (χ4v) is 6.58. The first-order valence-corrected chi connectivity index (χ1v) is 10.7. The van der Waals surface area contributed by atoms with E-state index >= 15 is 0 Å². The molecular formula is C18H25N3O3S. The molecule has 2 bridgehead atoms. The molecule has 1 heterocycles. The number of hydrogen-bond acceptors (Lipinski definition) is 5. The predicted octanol–water partition coefficient (Wildman–Crippen LogP) is 2.17. The van der Waals surface area contributed by atoms with Gasteiger partial charge in [-0.1, -0.05) is 13.8 Å². The van der Waals surface area contributed by atoms with Gasteiger partial charge in [0.2, 0.25) is 10.0 Å². The van der Waals surface area contributed by atoms with Crippen LogP contribution in [0.1, 0.15) is 63.3 Å². The van der Waals surface area contributed by atoms with Crippen molar-refractivity contribution >= 4 is 15.8 Å². The molecule has 0 radical (unpaired) electrons. The van der Waals surface area contributed by atoms with E-state index in [0.29, 0.717) is 30.4 Å². The van der Waals surface area contributed by atoms with E-state index in [-0.39, 0.29) is 23.5 Å². The van der Waals surface area contributed by atoms with Crippen LogP contribution in [0.5, 0.6) is 0 Å². The van der Waals surface area contributed by atoms with Crippen molar-refractivity contribution < 1.29 is 13.2 Å². The monoisotopic (exact) mass is 363 g/mol. The molecule has 25 heavy (non-hydrogen) atoms. The second kappa shape index (κ2) is 5.58. The average Bonchev–Trinajstić information content (AvgIpc) is 3.34. The Bertz CT molecular complexity index is 817. The molecule has 2 unspecified atom stereocenters. The van der Waals surface area contributed by atoms with Gasteiger partial charge in [0.1, 0.15) is 12.1 Å². The fourth-order valence-electron chi connectivity index (χ4n) is 4.78. The molecule has 0 aliphatic heterocycles. The number of ketones is 1. The first-order chi connectivity index (χ1) is 11.7. The van der Waals surface area contributed by atoms with Gasteiger partial charge in [-0.15, -0.1) is 0 Å². The van der Waals surface area contributed by atoms with Gasteiger partial charge in [-0.2, -0.15) is 0 Å². The number of carbonyl (C=O) groups excluding carboxylic acids is 1. The topological polar surface area (TPSA) is 89.0 Å². The Hall–Kier alpha value is -1.34. The molecule has 3 aliphatic rings. The summed E-state index contributed by atoms with van der Waals surface area (Å²) in [5, 5.41) is 0. The molecule has 0 saturated heterocycles. The van der Waals surface area contributed by atoms with E-state index in [1.807, 2.05) is 6.07 Å². The summed E-state index contributed by atoms with van der Waals surface area (Å²) in [5.41, 5.74) is 0.703. The summed E-state index contributed by atoms with van der Waals surface area (Å²) in [6.45, 7) is 4.26. The van der Waals surface area contributed by atoms with Gasteiger partial charge in [-0.25, -0.2) is 23.1 Å². The van der Waals surface area contributed by atoms with Gasteiger partial charge < -0.3 is 0 Å². The van der Waals surface area contributed by atoms with Gasteiger partial charge in [0.25, 0.3) is 0 Å². The third kappa shape index (κ3) is 2.81. The summed E-state index contributed by atoms with van der Waals surface area (Å²) >= 11 is 0. The molecule has 3 aliphatic carbocycles. The Kier molecular flexibility index (Phi) is 3.81. The lowest BCUT2D eigenvalue weighted by Gasteiger charge is -2.36. The molecule has 3 fully saturated rings. The lowest BCUT2D eigenvalue weighted by Crippen LogP contribution is -2.45. The highest BCUT2D eigenvalue weighted by atomic mass is 32.2. The van der Waals surface area contributed by atoms with Crippen LogP contribution in [0.3, 0.4) is 0 Å². The molecular weight excluding hydrogens is 338 g/mol. The molecule has 2 atom stereocenters. The molecule has 7 heteroatoms. The Balaban J connectivity index is 1.47. The minimum atomic E-state index is -3.56. The van der Waals surface area contributed by atoms with Crippen LogP contribution >= 0.6 is 0 Å². The van der Waals surface area contributed by atoms with E-state index in [1.54, 1.807) is 0 Å². The second-order valence-electron chi connectivity index (χ2n) is 8.46. The third-order valence-electron chi connectivity index (χ3n) is 6.79. The molecule has 4 rings (SSSR count). The Labute approximate surface area is 148 Å². The number of Topliss-reactive ketones (excluding diaryl/α,β-unsaturated/α-hetero) is 1. The number of nitrogens with one attached hydrogen (secondary N) is 1. The summed E-state index contributed by atoms with van der Waals surface area (Å²) in [7, 11) is -3.56. The molecule has 136 valence electrons. The van der Waals surface area contributed by atoms with Crippen molar-refractivity contribution in [3.8, 4) is 0 Å². The highest BCUT2D eigenvalue weighted by Crippen LogP contribution is 2.64. The van der Waals surface area contributed by atoms with Crippen LogP contribution in [0.15, 0.2) is 12.4 Å². The van der Waals surface area contributed by atoms with E-state index < -0.39 is 15.4 Å². The van der Waals surface area contributed by atoms with Crippen LogP contribution in [0.25, 0.3) is 0 Å². The summed E-state index contributed by atoms with van der Waals surface area (Å²) in [6, 6.07) is 1.88. The fraction of sp³-hybridized carbons (Fsp3) is 0.722. The molecule has 0 amide bonds. The molecule has 1 aromatic heterocycles. The average molecular weight is 363 g/mol. The van der Waals surface area contributed by atoms with Crippen LogP contribution in [0.2, 0.25) is 0 Å². The first kappa shape index (κ1) is 17.1. The normalized spacial score (nSPS) is 30.8. The number of carbonyl (C=O) groups is 1. The van der Waals surface area contributed by atoms with Crippen molar-refractivity contribution in [3.63, 3.8) is 0 Å². The number of fused-ring (bicyclic) bond motifs is 2. The number of nitrogens with zero attached hydrogens (tertiary/aromatic N) is 2. The molecule has 0 aromatic carbocycles. The standard InChI is InChI=1S/C18H25N3O3S/c1-17(2)13-5-6-18(17,16(22)7-13)10-25(23,24)21-9-14-8-15(12-3-4-12)20-11-19-14/h8,11-13,21H,3-7,9-10H2,1-2H3.